The van der Waals surface area contributed by atoms with Crippen LogP contribution in [0.2, 0.25) is 0 Å². The van der Waals surface area contributed by atoms with Crippen molar-refractivity contribution in [1.29, 1.82) is 0 Å². The minimum Gasteiger partial charge on any atom is -0.341 e. The van der Waals surface area contributed by atoms with Gasteiger partial charge in [0.05, 0.1) is 5.69 Å². The van der Waals surface area contributed by atoms with Crippen LogP contribution in [-0.2, 0) is 11.3 Å². The van der Waals surface area contributed by atoms with Crippen molar-refractivity contribution in [2.24, 2.45) is 5.92 Å². The molecule has 0 aliphatic heterocycles. The zero-order chi connectivity index (χ0) is 17.8. The molecule has 1 fully saturated rings. The van der Waals surface area contributed by atoms with Crippen molar-refractivity contribution in [1.82, 2.24) is 14.7 Å². The molecule has 132 valence electrons. The lowest BCUT2D eigenvalue weighted by Gasteiger charge is -2.36. The number of carbonyl (C=O) groups excluding carboxylic acids is 1. The fourth-order valence-corrected chi connectivity index (χ4v) is 3.62. The Balaban J connectivity index is 1.78. The summed E-state index contributed by atoms with van der Waals surface area (Å²) in [5.74, 6) is 0.446. The van der Waals surface area contributed by atoms with E-state index in [4.69, 9.17) is 0 Å². The van der Waals surface area contributed by atoms with Crippen LogP contribution in [0.4, 0.5) is 0 Å². The van der Waals surface area contributed by atoms with Crippen molar-refractivity contribution in [2.75, 3.05) is 7.05 Å². The molecule has 5 heteroatoms. The fraction of sp³-hybridized carbons (Fsp3) is 0.450. The number of nitrogens with zero attached hydrogens (tertiary/aromatic N) is 3. The number of aromatic nitrogens is 2. The lowest BCUT2D eigenvalue weighted by atomic mass is 9.85. The largest absolute Gasteiger partial charge is 0.341 e. The summed E-state index contributed by atoms with van der Waals surface area (Å²) < 4.78 is 1.27. The van der Waals surface area contributed by atoms with Gasteiger partial charge < -0.3 is 4.90 Å². The van der Waals surface area contributed by atoms with Crippen LogP contribution in [0.15, 0.2) is 47.3 Å². The second kappa shape index (κ2) is 7.64. The van der Waals surface area contributed by atoms with Crippen LogP contribution >= 0.6 is 0 Å². The maximum atomic E-state index is 12.7. The Kier molecular flexibility index (Phi) is 5.31. The van der Waals surface area contributed by atoms with Crippen molar-refractivity contribution in [3.63, 3.8) is 0 Å². The summed E-state index contributed by atoms with van der Waals surface area (Å²) >= 11 is 0. The Bertz CT molecular complexity index is 785. The first-order valence-electron chi connectivity index (χ1n) is 8.95. The number of carbonyl (C=O) groups is 1. The third-order valence-electron chi connectivity index (χ3n) is 5.18. The molecule has 1 aliphatic carbocycles. The van der Waals surface area contributed by atoms with E-state index in [1.807, 2.05) is 42.3 Å². The van der Waals surface area contributed by atoms with Gasteiger partial charge in [-0.1, -0.05) is 50.1 Å². The molecule has 2 aromatic rings. The van der Waals surface area contributed by atoms with Gasteiger partial charge in [0.2, 0.25) is 5.91 Å². The maximum Gasteiger partial charge on any atom is 0.267 e. The number of hydrogen-bond acceptors (Lipinski definition) is 3. The summed E-state index contributed by atoms with van der Waals surface area (Å²) in [6.07, 6.45) is 4.59. The minimum absolute atomic E-state index is 0.0147. The summed E-state index contributed by atoms with van der Waals surface area (Å²) in [4.78, 5) is 26.6. The average Bonchev–Trinajstić information content (AvgIpc) is 2.64. The summed E-state index contributed by atoms with van der Waals surface area (Å²) in [5.41, 5.74) is 1.37. The van der Waals surface area contributed by atoms with E-state index in [1.54, 1.807) is 6.07 Å². The van der Waals surface area contributed by atoms with Gasteiger partial charge in [-0.15, -0.1) is 0 Å². The number of amides is 1. The highest BCUT2D eigenvalue weighted by Crippen LogP contribution is 2.27. The summed E-state index contributed by atoms with van der Waals surface area (Å²) in [5, 5.41) is 4.39. The lowest BCUT2D eigenvalue weighted by molar-refractivity contribution is -0.134. The number of rotatable bonds is 4. The van der Waals surface area contributed by atoms with Gasteiger partial charge in [0.15, 0.2) is 0 Å². The molecule has 25 heavy (non-hydrogen) atoms. The molecule has 5 nitrogen and oxygen atoms in total. The van der Waals surface area contributed by atoms with E-state index in [2.05, 4.69) is 12.0 Å². The van der Waals surface area contributed by atoms with Crippen LogP contribution in [0.5, 0.6) is 0 Å². The number of benzene rings is 1. The zero-order valence-corrected chi connectivity index (χ0v) is 14.9. The third-order valence-corrected chi connectivity index (χ3v) is 5.18. The highest BCUT2D eigenvalue weighted by Gasteiger charge is 2.28. The van der Waals surface area contributed by atoms with E-state index < -0.39 is 0 Å². The van der Waals surface area contributed by atoms with E-state index in [-0.39, 0.29) is 24.1 Å². The molecule has 0 bridgehead atoms. The molecule has 1 aromatic heterocycles. The molecule has 0 radical (unpaired) electrons. The van der Waals surface area contributed by atoms with E-state index in [1.165, 1.54) is 17.2 Å². The van der Waals surface area contributed by atoms with E-state index in [9.17, 15) is 9.59 Å². The second-order valence-electron chi connectivity index (χ2n) is 6.91. The van der Waals surface area contributed by atoms with Gasteiger partial charge in [0.1, 0.15) is 6.54 Å². The predicted octanol–water partition coefficient (Wildman–Crippen LogP) is 2.95. The smallest absolute Gasteiger partial charge is 0.267 e. The van der Waals surface area contributed by atoms with Gasteiger partial charge in [-0.2, -0.15) is 5.10 Å². The van der Waals surface area contributed by atoms with E-state index in [0.717, 1.165) is 24.8 Å². The molecular weight excluding hydrogens is 314 g/mol. The summed E-state index contributed by atoms with van der Waals surface area (Å²) in [6.45, 7) is 2.19. The highest BCUT2D eigenvalue weighted by atomic mass is 16.2. The minimum atomic E-state index is -0.252. The Hall–Kier alpha value is -2.43. The van der Waals surface area contributed by atoms with Gasteiger partial charge in [0.25, 0.3) is 5.56 Å². The maximum absolute atomic E-state index is 12.7. The van der Waals surface area contributed by atoms with Crippen LogP contribution in [0.25, 0.3) is 11.3 Å². The van der Waals surface area contributed by atoms with Crippen molar-refractivity contribution < 1.29 is 4.79 Å². The standard InChI is InChI=1S/C20H25N3O2/c1-15-8-6-7-11-18(15)22(2)20(25)14-23-19(24)13-12-17(21-23)16-9-4-3-5-10-16/h3-5,9-10,12-13,15,18H,6-8,11,14H2,1-2H3/t15-,18+/m1/s1. The fourth-order valence-electron chi connectivity index (χ4n) is 3.62. The molecule has 1 amide bonds. The van der Waals surface area contributed by atoms with Crippen molar-refractivity contribution in [3.8, 4) is 11.3 Å². The quantitative estimate of drug-likeness (QED) is 0.860. The zero-order valence-electron chi connectivity index (χ0n) is 14.9. The SMILES string of the molecule is C[C@@H]1CCCC[C@@H]1N(C)C(=O)Cn1nc(-c2ccccc2)ccc1=O. The normalized spacial score (nSPS) is 20.2. The molecule has 1 heterocycles. The van der Waals surface area contributed by atoms with Gasteiger partial charge in [-0.3, -0.25) is 9.59 Å². The Morgan fingerprint density at radius 1 is 1.16 bits per heavy atom. The topological polar surface area (TPSA) is 55.2 Å². The number of hydrogen-bond donors (Lipinski definition) is 0. The highest BCUT2D eigenvalue weighted by molar-refractivity contribution is 5.76. The first kappa shape index (κ1) is 17.4. The van der Waals surface area contributed by atoms with Crippen LogP contribution in [0.1, 0.15) is 32.6 Å². The molecule has 0 saturated heterocycles. The van der Waals surface area contributed by atoms with Gasteiger partial charge in [0, 0.05) is 24.7 Å². The van der Waals surface area contributed by atoms with Crippen LogP contribution in [0, 0.1) is 5.92 Å². The monoisotopic (exact) mass is 339 g/mol. The molecule has 1 aromatic carbocycles. The first-order valence-corrected chi connectivity index (χ1v) is 8.95. The Labute approximate surface area is 148 Å². The number of likely N-dealkylation sites (N-methyl/N-ethyl adjacent to an activating group) is 1. The van der Waals surface area contributed by atoms with Gasteiger partial charge >= 0.3 is 0 Å². The molecule has 0 unspecified atom stereocenters. The molecule has 2 atom stereocenters. The van der Waals surface area contributed by atoms with Gasteiger partial charge in [-0.25, -0.2) is 4.68 Å². The molecular formula is C20H25N3O2. The van der Waals surface area contributed by atoms with Gasteiger partial charge in [-0.05, 0) is 24.8 Å². The van der Waals surface area contributed by atoms with Crippen LogP contribution in [-0.4, -0.2) is 33.7 Å². The molecule has 1 saturated carbocycles. The molecule has 3 rings (SSSR count). The lowest BCUT2D eigenvalue weighted by Crippen LogP contribution is -2.45. The molecule has 0 N–H and O–H groups in total. The Morgan fingerprint density at radius 2 is 1.88 bits per heavy atom. The van der Waals surface area contributed by atoms with Crippen molar-refractivity contribution >= 4 is 5.91 Å². The summed E-state index contributed by atoms with van der Waals surface area (Å²) in [7, 11) is 1.85. The second-order valence-corrected chi connectivity index (χ2v) is 6.91. The third kappa shape index (κ3) is 3.98. The van der Waals surface area contributed by atoms with Crippen molar-refractivity contribution in [2.45, 2.75) is 45.2 Å². The predicted molar refractivity (Wildman–Crippen MR) is 98.1 cm³/mol. The average molecular weight is 339 g/mol. The first-order chi connectivity index (χ1) is 12.1. The van der Waals surface area contributed by atoms with Crippen LogP contribution < -0.4 is 5.56 Å². The van der Waals surface area contributed by atoms with Crippen LogP contribution in [0.3, 0.4) is 0 Å². The van der Waals surface area contributed by atoms with Crippen molar-refractivity contribution in [3.05, 3.63) is 52.8 Å². The van der Waals surface area contributed by atoms with E-state index in [0.29, 0.717) is 11.6 Å². The molecule has 1 aliphatic rings. The Morgan fingerprint density at radius 3 is 2.60 bits per heavy atom. The summed E-state index contributed by atoms with van der Waals surface area (Å²) in [6, 6.07) is 13.1. The van der Waals surface area contributed by atoms with E-state index >= 15 is 0 Å². The molecule has 0 spiro atoms.